The Morgan fingerprint density at radius 3 is 2.80 bits per heavy atom. The van der Waals surface area contributed by atoms with Crippen molar-refractivity contribution in [1.29, 1.82) is 0 Å². The molecule has 0 unspecified atom stereocenters. The minimum atomic E-state index is -0.191. The fourth-order valence-electron chi connectivity index (χ4n) is 0.482. The van der Waals surface area contributed by atoms with Gasteiger partial charge < -0.3 is 0 Å². The van der Waals surface area contributed by atoms with Gasteiger partial charge in [0.25, 0.3) is 0 Å². The summed E-state index contributed by atoms with van der Waals surface area (Å²) in [5.41, 5.74) is -0.0376. The molecule has 0 N–H and O–H groups in total. The Hall–Kier alpha value is -0.530. The first-order valence-electron chi connectivity index (χ1n) is 3.48. The van der Waals surface area contributed by atoms with E-state index in [0.29, 0.717) is 6.29 Å². The molecule has 0 saturated heterocycles. The average Bonchev–Trinajstić information content (AvgIpc) is 2.01. The first-order chi connectivity index (χ1) is 5.57. The van der Waals surface area contributed by atoms with Crippen molar-refractivity contribution in [2.75, 3.05) is 0 Å². The van der Waals surface area contributed by atoms with Crippen molar-refractivity contribution < 1.29 is 7.54 Å². The molecule has 0 aliphatic heterocycles. The van der Waals surface area contributed by atoms with Crippen molar-refractivity contribution >= 4 is 29.5 Å². The van der Waals surface area contributed by atoms with E-state index < -0.39 is 0 Å². The van der Waals surface area contributed by atoms with Crippen LogP contribution < -0.4 is 0 Å². The third kappa shape index (κ3) is 1.49. The summed E-state index contributed by atoms with van der Waals surface area (Å²) in [5, 5.41) is 0.132. The van der Waals surface area contributed by atoms with E-state index in [2.05, 4.69) is 0 Å². The smallest absolute Gasteiger partial charge is 0.150 e. The van der Waals surface area contributed by atoms with Gasteiger partial charge in [-0.2, -0.15) is 0 Å². The van der Waals surface area contributed by atoms with E-state index in [1.807, 2.05) is 0 Å². The lowest BCUT2D eigenvalue weighted by Gasteiger charge is -1.93. The molecule has 0 aromatic heterocycles. The van der Waals surface area contributed by atoms with Gasteiger partial charge in [-0.05, 0) is 12.1 Å². The van der Waals surface area contributed by atoms with Crippen LogP contribution in [0.15, 0.2) is 18.2 Å². The van der Waals surface area contributed by atoms with E-state index in [-0.39, 0.29) is 27.7 Å². The second kappa shape index (κ2) is 3.04. The SMILES string of the molecule is [2H]c1cc(Cl)c(Cl)c([2H])c1C=O. The van der Waals surface area contributed by atoms with Gasteiger partial charge in [0.05, 0.1) is 12.8 Å². The Balaban J connectivity index is 3.51. The number of carbonyl (C=O) groups excluding carboxylic acids is 1. The normalized spacial score (nSPS) is 12.2. The maximum atomic E-state index is 10.4. The van der Waals surface area contributed by atoms with Gasteiger partial charge in [0.15, 0.2) is 0 Å². The highest BCUT2D eigenvalue weighted by Gasteiger charge is 1.96. The number of benzene rings is 1. The van der Waals surface area contributed by atoms with Crippen molar-refractivity contribution in [3.05, 3.63) is 33.8 Å². The summed E-state index contributed by atoms with van der Waals surface area (Å²) in [4.78, 5) is 10.4. The van der Waals surface area contributed by atoms with E-state index in [9.17, 15) is 4.79 Å². The molecule has 0 saturated carbocycles. The van der Waals surface area contributed by atoms with E-state index in [4.69, 9.17) is 25.9 Å². The molecule has 1 aromatic rings. The predicted octanol–water partition coefficient (Wildman–Crippen LogP) is 2.81. The Kier molecular flexibility index (Phi) is 1.57. The Bertz CT molecular complexity index is 339. The Morgan fingerprint density at radius 2 is 2.20 bits per heavy atom. The van der Waals surface area contributed by atoms with E-state index in [0.717, 1.165) is 0 Å². The molecule has 0 bridgehead atoms. The molecule has 10 heavy (non-hydrogen) atoms. The molecule has 1 nitrogen and oxygen atoms in total. The fourth-order valence-corrected chi connectivity index (χ4v) is 0.740. The van der Waals surface area contributed by atoms with Crippen LogP contribution in [0.4, 0.5) is 0 Å². The van der Waals surface area contributed by atoms with Crippen molar-refractivity contribution in [3.63, 3.8) is 0 Å². The lowest BCUT2D eigenvalue weighted by atomic mass is 10.2. The van der Waals surface area contributed by atoms with Crippen LogP contribution in [-0.2, 0) is 0 Å². The van der Waals surface area contributed by atoms with Crippen molar-refractivity contribution in [1.82, 2.24) is 0 Å². The predicted molar refractivity (Wildman–Crippen MR) is 41.8 cm³/mol. The topological polar surface area (TPSA) is 17.1 Å². The van der Waals surface area contributed by atoms with Gasteiger partial charge in [0.1, 0.15) is 6.29 Å². The molecule has 0 fully saturated rings. The zero-order valence-corrected chi connectivity index (χ0v) is 6.33. The minimum Gasteiger partial charge on any atom is -0.298 e. The van der Waals surface area contributed by atoms with Gasteiger partial charge >= 0.3 is 0 Å². The monoisotopic (exact) mass is 176 g/mol. The van der Waals surface area contributed by atoms with Gasteiger partial charge in [0, 0.05) is 5.56 Å². The Morgan fingerprint density at radius 1 is 1.50 bits per heavy atom. The summed E-state index contributed by atoms with van der Waals surface area (Å²) in [7, 11) is 0. The van der Waals surface area contributed by atoms with E-state index in [1.165, 1.54) is 6.07 Å². The van der Waals surface area contributed by atoms with Crippen LogP contribution in [0.5, 0.6) is 0 Å². The maximum absolute atomic E-state index is 10.4. The number of carbonyl (C=O) groups is 1. The molecule has 0 atom stereocenters. The van der Waals surface area contributed by atoms with Gasteiger partial charge in [-0.1, -0.05) is 29.2 Å². The standard InChI is InChI=1S/C7H4Cl2O/c8-6-2-1-5(4-10)3-7(6)9/h1-4H/i1D,3D. The molecule has 0 aliphatic rings. The van der Waals surface area contributed by atoms with Gasteiger partial charge in [-0.25, -0.2) is 0 Å². The fraction of sp³-hybridized carbons (Fsp3) is 0. The largest absolute Gasteiger partial charge is 0.298 e. The summed E-state index contributed by atoms with van der Waals surface area (Å²) < 4.78 is 14.6. The molecule has 0 heterocycles. The maximum Gasteiger partial charge on any atom is 0.150 e. The summed E-state index contributed by atoms with van der Waals surface area (Å²) in [5.74, 6) is 0. The van der Waals surface area contributed by atoms with Crippen LogP contribution in [0.25, 0.3) is 0 Å². The first kappa shape index (κ1) is 5.16. The second-order valence-electron chi connectivity index (χ2n) is 1.61. The van der Waals surface area contributed by atoms with Gasteiger partial charge in [-0.15, -0.1) is 0 Å². The van der Waals surface area contributed by atoms with Crippen LogP contribution in [-0.4, -0.2) is 6.29 Å². The molecule has 0 amide bonds. The zero-order valence-electron chi connectivity index (χ0n) is 6.82. The quantitative estimate of drug-likeness (QED) is 0.602. The summed E-state index contributed by atoms with van der Waals surface area (Å²) in [6.07, 6.45) is 0.423. The summed E-state index contributed by atoms with van der Waals surface area (Å²) in [6.45, 7) is 0. The summed E-state index contributed by atoms with van der Waals surface area (Å²) >= 11 is 11.1. The van der Waals surface area contributed by atoms with Crippen LogP contribution in [0.2, 0.25) is 10.0 Å². The molecule has 0 spiro atoms. The number of hydrogen-bond donors (Lipinski definition) is 0. The van der Waals surface area contributed by atoms with Crippen LogP contribution >= 0.6 is 23.2 Å². The van der Waals surface area contributed by atoms with Crippen LogP contribution in [0.1, 0.15) is 13.1 Å². The van der Waals surface area contributed by atoms with Crippen molar-refractivity contribution in [3.8, 4) is 0 Å². The first-order valence-corrected chi connectivity index (χ1v) is 3.24. The molecule has 1 rings (SSSR count). The summed E-state index contributed by atoms with van der Waals surface area (Å²) in [6, 6.07) is 0.972. The van der Waals surface area contributed by atoms with Crippen LogP contribution in [0.3, 0.4) is 0 Å². The third-order valence-corrected chi connectivity index (χ3v) is 1.62. The van der Waals surface area contributed by atoms with Crippen molar-refractivity contribution in [2.45, 2.75) is 0 Å². The number of aldehydes is 1. The molecular formula is C7H4Cl2O. The third-order valence-electron chi connectivity index (χ3n) is 0.926. The highest BCUT2D eigenvalue weighted by atomic mass is 35.5. The van der Waals surface area contributed by atoms with Crippen LogP contribution in [0, 0.1) is 0 Å². The molecule has 0 radical (unpaired) electrons. The number of hydrogen-bond acceptors (Lipinski definition) is 1. The van der Waals surface area contributed by atoms with Gasteiger partial charge in [-0.3, -0.25) is 4.79 Å². The minimum absolute atomic E-state index is 0.00904. The van der Waals surface area contributed by atoms with Crippen molar-refractivity contribution in [2.24, 2.45) is 0 Å². The average molecular weight is 177 g/mol. The molecule has 0 aliphatic carbocycles. The highest BCUT2D eigenvalue weighted by Crippen LogP contribution is 2.21. The zero-order chi connectivity index (χ0) is 9.30. The lowest BCUT2D eigenvalue weighted by Crippen LogP contribution is -1.77. The number of rotatable bonds is 1. The highest BCUT2D eigenvalue weighted by molar-refractivity contribution is 6.42. The lowest BCUT2D eigenvalue weighted by molar-refractivity contribution is 0.112. The molecule has 1 aromatic carbocycles. The van der Waals surface area contributed by atoms with Gasteiger partial charge in [0.2, 0.25) is 0 Å². The van der Waals surface area contributed by atoms with E-state index in [1.54, 1.807) is 0 Å². The molecule has 52 valence electrons. The molecule has 3 heteroatoms. The second-order valence-corrected chi connectivity index (χ2v) is 2.39. The number of halogens is 2. The van der Waals surface area contributed by atoms with E-state index >= 15 is 0 Å². The molecular weight excluding hydrogens is 171 g/mol. The Labute approximate surface area is 71.4 Å².